The third-order valence-electron chi connectivity index (χ3n) is 4.38. The van der Waals surface area contributed by atoms with E-state index in [-0.39, 0.29) is 37.4 Å². The summed E-state index contributed by atoms with van der Waals surface area (Å²) in [6, 6.07) is 0. The van der Waals surface area contributed by atoms with Gasteiger partial charge in [0.2, 0.25) is 11.8 Å². The van der Waals surface area contributed by atoms with Crippen LogP contribution in [0.25, 0.3) is 0 Å². The minimum atomic E-state index is -0.998. The van der Waals surface area contributed by atoms with Crippen LogP contribution in [0.2, 0.25) is 0 Å². The number of aliphatic hydroxyl groups excluding tert-OH is 1. The summed E-state index contributed by atoms with van der Waals surface area (Å²) in [7, 11) is 0. The highest BCUT2D eigenvalue weighted by Crippen LogP contribution is 2.36. The Bertz CT molecular complexity index is 579. The van der Waals surface area contributed by atoms with Crippen molar-refractivity contribution in [2.45, 2.75) is 45.0 Å². The molecule has 2 unspecified atom stereocenters. The van der Waals surface area contributed by atoms with Crippen molar-refractivity contribution >= 4 is 11.8 Å². The Morgan fingerprint density at radius 2 is 1.86 bits per heavy atom. The molecule has 7 nitrogen and oxygen atoms in total. The normalized spacial score (nSPS) is 30.4. The lowest BCUT2D eigenvalue weighted by atomic mass is 9.85. The second-order valence-corrected chi connectivity index (χ2v) is 5.87. The van der Waals surface area contributed by atoms with Crippen molar-refractivity contribution in [1.82, 2.24) is 5.32 Å². The van der Waals surface area contributed by atoms with Gasteiger partial charge >= 0.3 is 0 Å². The average molecular weight is 309 g/mol. The number of aryl methyl sites for hydroxylation is 1. The van der Waals surface area contributed by atoms with Crippen molar-refractivity contribution in [3.8, 4) is 0 Å². The van der Waals surface area contributed by atoms with Gasteiger partial charge in [0, 0.05) is 18.8 Å². The third-order valence-corrected chi connectivity index (χ3v) is 4.38. The number of hydrogen-bond donors (Lipinski definition) is 2. The Balaban J connectivity index is 1.80. The lowest BCUT2D eigenvalue weighted by Gasteiger charge is -2.39. The molecule has 1 aromatic heterocycles. The van der Waals surface area contributed by atoms with Crippen LogP contribution in [0.5, 0.6) is 0 Å². The number of carbonyl (C=O) groups is 2. The van der Waals surface area contributed by atoms with Gasteiger partial charge < -0.3 is 19.0 Å². The summed E-state index contributed by atoms with van der Waals surface area (Å²) >= 11 is 0. The zero-order chi connectivity index (χ0) is 15.9. The summed E-state index contributed by atoms with van der Waals surface area (Å²) in [6.45, 7) is 3.79. The molecule has 0 aromatic carbocycles. The molecule has 0 bridgehead atoms. The van der Waals surface area contributed by atoms with Gasteiger partial charge in [-0.3, -0.25) is 14.9 Å². The average Bonchev–Trinajstić information content (AvgIpc) is 2.78. The maximum atomic E-state index is 11.5. The van der Waals surface area contributed by atoms with E-state index >= 15 is 0 Å². The molecule has 2 aliphatic rings. The molecule has 0 saturated carbocycles. The second-order valence-electron chi connectivity index (χ2n) is 5.87. The molecule has 2 fully saturated rings. The molecular formula is C15H19NO6. The van der Waals surface area contributed by atoms with Gasteiger partial charge in [-0.05, 0) is 25.0 Å². The first kappa shape index (κ1) is 15.2. The molecule has 120 valence electrons. The van der Waals surface area contributed by atoms with Crippen molar-refractivity contribution in [3.63, 3.8) is 0 Å². The summed E-state index contributed by atoms with van der Waals surface area (Å²) in [5.41, 5.74) is 1.89. The lowest BCUT2D eigenvalue weighted by Crippen LogP contribution is -2.50. The predicted molar refractivity (Wildman–Crippen MR) is 73.6 cm³/mol. The molecule has 0 aliphatic carbocycles. The van der Waals surface area contributed by atoms with Gasteiger partial charge in [0.25, 0.3) is 0 Å². The Morgan fingerprint density at radius 3 is 2.45 bits per heavy atom. The molecular weight excluding hydrogens is 290 g/mol. The van der Waals surface area contributed by atoms with Crippen molar-refractivity contribution in [2.75, 3.05) is 6.79 Å². The van der Waals surface area contributed by atoms with Crippen LogP contribution in [0.15, 0.2) is 10.7 Å². The number of amides is 2. The highest BCUT2D eigenvalue weighted by Gasteiger charge is 2.44. The lowest BCUT2D eigenvalue weighted by molar-refractivity contribution is -0.250. The van der Waals surface area contributed by atoms with E-state index in [4.69, 9.17) is 13.9 Å². The number of carbonyl (C=O) groups excluding carboxylic acids is 2. The fraction of sp³-hybridized carbons (Fsp3) is 0.600. The highest BCUT2D eigenvalue weighted by atomic mass is 16.7. The van der Waals surface area contributed by atoms with Crippen molar-refractivity contribution in [2.24, 2.45) is 5.92 Å². The molecule has 2 N–H and O–H groups in total. The molecule has 1 aromatic rings. The van der Waals surface area contributed by atoms with Crippen LogP contribution in [0.4, 0.5) is 0 Å². The van der Waals surface area contributed by atoms with Crippen molar-refractivity contribution in [1.29, 1.82) is 0 Å². The number of furan rings is 1. The first-order valence-electron chi connectivity index (χ1n) is 7.26. The highest BCUT2D eigenvalue weighted by molar-refractivity contribution is 5.97. The number of nitrogens with one attached hydrogen (secondary N) is 1. The molecule has 3 atom stereocenters. The van der Waals surface area contributed by atoms with Crippen LogP contribution in [-0.4, -0.2) is 35.9 Å². The van der Waals surface area contributed by atoms with E-state index in [1.54, 1.807) is 6.26 Å². The fourth-order valence-electron chi connectivity index (χ4n) is 3.05. The standard InChI is InChI=1S/C15H19NO6/c1-7-5-20-13(8(7)2)15-12(19)14(21-6-22-15)9-3-10(17)16-11(18)4-9/h5,9,12,14-15,19H,3-4,6H2,1-2H3,(H,16,17,18)/t12-,14?,15?/m0/s1. The maximum Gasteiger partial charge on any atom is 0.226 e. The van der Waals surface area contributed by atoms with Gasteiger partial charge in [-0.2, -0.15) is 0 Å². The van der Waals surface area contributed by atoms with E-state index in [1.165, 1.54) is 0 Å². The molecule has 2 aliphatic heterocycles. The first-order chi connectivity index (χ1) is 10.5. The summed E-state index contributed by atoms with van der Waals surface area (Å²) in [4.78, 5) is 23.0. The monoisotopic (exact) mass is 309 g/mol. The van der Waals surface area contributed by atoms with Crippen LogP contribution in [-0.2, 0) is 19.1 Å². The van der Waals surface area contributed by atoms with Crippen LogP contribution in [0.1, 0.15) is 35.8 Å². The summed E-state index contributed by atoms with van der Waals surface area (Å²) in [6.07, 6.45) is -0.386. The first-order valence-corrected chi connectivity index (χ1v) is 7.26. The molecule has 3 rings (SSSR count). The SMILES string of the molecule is Cc1coc(C2OCOC(C3CC(=O)NC(=O)C3)[C@@H]2O)c1C. The summed E-state index contributed by atoms with van der Waals surface area (Å²) in [5.74, 6) is -0.487. The van der Waals surface area contributed by atoms with E-state index < -0.39 is 18.3 Å². The fourth-order valence-corrected chi connectivity index (χ4v) is 3.05. The van der Waals surface area contributed by atoms with E-state index in [0.717, 1.165) is 11.1 Å². The number of hydrogen-bond acceptors (Lipinski definition) is 6. The Hall–Kier alpha value is -1.70. The molecule has 0 spiro atoms. The minimum absolute atomic E-state index is 0.0160. The van der Waals surface area contributed by atoms with Crippen molar-refractivity contribution < 1.29 is 28.6 Å². The van der Waals surface area contributed by atoms with Gasteiger partial charge in [-0.1, -0.05) is 0 Å². The number of ether oxygens (including phenoxy) is 2. The summed E-state index contributed by atoms with van der Waals surface area (Å²) in [5, 5.41) is 12.8. The number of aliphatic hydroxyl groups is 1. The van der Waals surface area contributed by atoms with Crippen LogP contribution in [0.3, 0.4) is 0 Å². The van der Waals surface area contributed by atoms with Gasteiger partial charge in [0.15, 0.2) is 0 Å². The van der Waals surface area contributed by atoms with Gasteiger partial charge in [0.05, 0.1) is 12.4 Å². The van der Waals surface area contributed by atoms with Crippen LogP contribution >= 0.6 is 0 Å². The van der Waals surface area contributed by atoms with Crippen LogP contribution in [0, 0.1) is 19.8 Å². The molecule has 0 radical (unpaired) electrons. The Kier molecular flexibility index (Phi) is 4.03. The minimum Gasteiger partial charge on any atom is -0.466 e. The predicted octanol–water partition coefficient (Wildman–Crippen LogP) is 0.724. The molecule has 7 heteroatoms. The Labute approximate surface area is 127 Å². The smallest absolute Gasteiger partial charge is 0.226 e. The number of imide groups is 1. The molecule has 2 saturated heterocycles. The largest absolute Gasteiger partial charge is 0.466 e. The second kappa shape index (κ2) is 5.83. The third kappa shape index (κ3) is 2.67. The van der Waals surface area contributed by atoms with E-state index in [0.29, 0.717) is 5.76 Å². The number of rotatable bonds is 2. The maximum absolute atomic E-state index is 11.5. The van der Waals surface area contributed by atoms with Gasteiger partial charge in [0.1, 0.15) is 24.8 Å². The van der Waals surface area contributed by atoms with Gasteiger partial charge in [-0.15, -0.1) is 0 Å². The quantitative estimate of drug-likeness (QED) is 0.781. The van der Waals surface area contributed by atoms with Crippen molar-refractivity contribution in [3.05, 3.63) is 23.2 Å². The topological polar surface area (TPSA) is 98.0 Å². The Morgan fingerprint density at radius 1 is 1.18 bits per heavy atom. The van der Waals surface area contributed by atoms with E-state index in [9.17, 15) is 14.7 Å². The zero-order valence-corrected chi connectivity index (χ0v) is 12.5. The van der Waals surface area contributed by atoms with E-state index in [1.807, 2.05) is 13.8 Å². The molecule has 22 heavy (non-hydrogen) atoms. The summed E-state index contributed by atoms with van der Waals surface area (Å²) < 4.78 is 16.5. The molecule has 3 heterocycles. The zero-order valence-electron chi connectivity index (χ0n) is 12.5. The van der Waals surface area contributed by atoms with Gasteiger partial charge in [-0.25, -0.2) is 0 Å². The van der Waals surface area contributed by atoms with Crippen LogP contribution < -0.4 is 5.32 Å². The van der Waals surface area contributed by atoms with E-state index in [2.05, 4.69) is 5.32 Å². The molecule has 2 amide bonds. The number of piperidine rings is 1.